The number of fused-ring (bicyclic) bond motifs is 1. The lowest BCUT2D eigenvalue weighted by Crippen LogP contribution is -2.37. The van der Waals surface area contributed by atoms with E-state index < -0.39 is 0 Å². The fourth-order valence-corrected chi connectivity index (χ4v) is 2.81. The molecule has 1 aliphatic rings. The highest BCUT2D eigenvalue weighted by Gasteiger charge is 2.31. The van der Waals surface area contributed by atoms with Gasteiger partial charge in [0.2, 0.25) is 0 Å². The van der Waals surface area contributed by atoms with Gasteiger partial charge in [-0.3, -0.25) is 0 Å². The summed E-state index contributed by atoms with van der Waals surface area (Å²) >= 11 is 6.18. The summed E-state index contributed by atoms with van der Waals surface area (Å²) in [5.41, 5.74) is 3.19. The topological polar surface area (TPSA) is 24.8 Å². The molecule has 0 bridgehead atoms. The van der Waals surface area contributed by atoms with Crippen LogP contribution in [0.4, 0.5) is 5.69 Å². The third-order valence-electron chi connectivity index (χ3n) is 3.54. The molecule has 0 amide bonds. The fourth-order valence-electron chi connectivity index (χ4n) is 2.63. The van der Waals surface area contributed by atoms with Gasteiger partial charge in [0.1, 0.15) is 12.3 Å². The van der Waals surface area contributed by atoms with E-state index in [1.165, 1.54) is 0 Å². The molecule has 2 aromatic carbocycles. The molecule has 1 heterocycles. The minimum Gasteiger partial charge on any atom is -0.344 e. The SMILES string of the molecule is C/C=N/N1c2ccc(Cl)cc2C(c2ccccc2)OC1C. The zero-order chi connectivity index (χ0) is 14.8. The normalized spacial score (nSPS) is 21.6. The largest absolute Gasteiger partial charge is 0.344 e. The van der Waals surface area contributed by atoms with Gasteiger partial charge in [-0.1, -0.05) is 41.9 Å². The Morgan fingerprint density at radius 3 is 2.67 bits per heavy atom. The second kappa shape index (κ2) is 5.88. The minimum atomic E-state index is -0.139. The molecule has 108 valence electrons. The molecule has 0 fully saturated rings. The standard InChI is InChI=1S/C17H17ClN2O/c1-3-19-20-12(2)21-17(13-7-5-4-6-8-13)15-11-14(18)9-10-16(15)20/h3-12,17H,1-2H3/b19-3+. The maximum atomic E-state index is 6.18. The summed E-state index contributed by atoms with van der Waals surface area (Å²) in [6.07, 6.45) is 1.50. The van der Waals surface area contributed by atoms with Gasteiger partial charge in [-0.05, 0) is 37.6 Å². The Labute approximate surface area is 129 Å². The van der Waals surface area contributed by atoms with Crippen molar-refractivity contribution in [3.8, 4) is 0 Å². The Hall–Kier alpha value is -1.84. The van der Waals surface area contributed by atoms with Crippen LogP contribution < -0.4 is 5.01 Å². The highest BCUT2D eigenvalue weighted by Crippen LogP contribution is 2.41. The van der Waals surface area contributed by atoms with E-state index in [0.717, 1.165) is 16.8 Å². The van der Waals surface area contributed by atoms with Crippen LogP contribution in [0.5, 0.6) is 0 Å². The van der Waals surface area contributed by atoms with Gasteiger partial charge >= 0.3 is 0 Å². The fraction of sp³-hybridized carbons (Fsp3) is 0.235. The van der Waals surface area contributed by atoms with Crippen molar-refractivity contribution in [1.82, 2.24) is 0 Å². The maximum absolute atomic E-state index is 6.18. The first kappa shape index (κ1) is 14.1. The number of halogens is 1. The molecule has 3 nitrogen and oxygen atoms in total. The lowest BCUT2D eigenvalue weighted by atomic mass is 9.98. The first-order chi connectivity index (χ1) is 10.2. The molecule has 0 aromatic heterocycles. The van der Waals surface area contributed by atoms with Crippen LogP contribution in [0.2, 0.25) is 5.02 Å². The van der Waals surface area contributed by atoms with Crippen molar-refractivity contribution in [3.63, 3.8) is 0 Å². The summed E-state index contributed by atoms with van der Waals surface area (Å²) in [6.45, 7) is 3.89. The van der Waals surface area contributed by atoms with Crippen LogP contribution in [0.15, 0.2) is 53.6 Å². The van der Waals surface area contributed by atoms with Gasteiger partial charge in [-0.25, -0.2) is 5.01 Å². The third kappa shape index (κ3) is 2.67. The summed E-state index contributed by atoms with van der Waals surface area (Å²) in [4.78, 5) is 0. The number of anilines is 1. The first-order valence-corrected chi connectivity index (χ1v) is 7.36. The second-order valence-electron chi connectivity index (χ2n) is 4.95. The number of hydrogen-bond acceptors (Lipinski definition) is 3. The first-order valence-electron chi connectivity index (χ1n) is 6.98. The van der Waals surface area contributed by atoms with Crippen molar-refractivity contribution in [1.29, 1.82) is 0 Å². The van der Waals surface area contributed by atoms with Crippen LogP contribution in [-0.4, -0.2) is 12.4 Å². The van der Waals surface area contributed by atoms with Crippen LogP contribution in [-0.2, 0) is 4.74 Å². The number of benzene rings is 2. The number of hydrazone groups is 1. The van der Waals surface area contributed by atoms with Gasteiger partial charge in [-0.15, -0.1) is 0 Å². The van der Waals surface area contributed by atoms with Gasteiger partial charge in [-0.2, -0.15) is 5.10 Å². The van der Waals surface area contributed by atoms with Crippen molar-refractivity contribution in [2.24, 2.45) is 5.10 Å². The smallest absolute Gasteiger partial charge is 0.149 e. The Balaban J connectivity index is 2.13. The molecule has 4 heteroatoms. The molecule has 0 radical (unpaired) electrons. The molecule has 3 rings (SSSR count). The molecule has 0 saturated heterocycles. The zero-order valence-electron chi connectivity index (χ0n) is 12.0. The van der Waals surface area contributed by atoms with E-state index in [2.05, 4.69) is 17.2 Å². The molecule has 0 spiro atoms. The number of ether oxygens (including phenoxy) is 1. The molecule has 1 aliphatic heterocycles. The molecule has 2 atom stereocenters. The van der Waals surface area contributed by atoms with Gasteiger partial charge in [0.15, 0.2) is 0 Å². The van der Waals surface area contributed by atoms with Crippen LogP contribution in [0.3, 0.4) is 0 Å². The van der Waals surface area contributed by atoms with Crippen molar-refractivity contribution < 1.29 is 4.74 Å². The Morgan fingerprint density at radius 2 is 1.95 bits per heavy atom. The Bertz CT molecular complexity index is 657. The number of nitrogens with zero attached hydrogens (tertiary/aromatic N) is 2. The average molecular weight is 301 g/mol. The van der Waals surface area contributed by atoms with Gasteiger partial charge < -0.3 is 4.74 Å². The summed E-state index contributed by atoms with van der Waals surface area (Å²) < 4.78 is 6.17. The monoisotopic (exact) mass is 300 g/mol. The molecule has 0 N–H and O–H groups in total. The average Bonchev–Trinajstić information content (AvgIpc) is 2.51. The number of hydrogen-bond donors (Lipinski definition) is 0. The van der Waals surface area contributed by atoms with E-state index in [0.29, 0.717) is 5.02 Å². The van der Waals surface area contributed by atoms with Crippen molar-refractivity contribution in [2.75, 3.05) is 5.01 Å². The van der Waals surface area contributed by atoms with E-state index in [1.807, 2.05) is 55.3 Å². The molecular formula is C17H17ClN2O. The molecule has 2 unspecified atom stereocenters. The van der Waals surface area contributed by atoms with Gasteiger partial charge in [0.05, 0.1) is 5.69 Å². The van der Waals surface area contributed by atoms with Crippen LogP contribution in [0, 0.1) is 0 Å². The zero-order valence-corrected chi connectivity index (χ0v) is 12.8. The summed E-state index contributed by atoms with van der Waals surface area (Å²) in [7, 11) is 0. The van der Waals surface area contributed by atoms with Crippen molar-refractivity contribution in [3.05, 3.63) is 64.7 Å². The van der Waals surface area contributed by atoms with Gasteiger partial charge in [0, 0.05) is 16.8 Å². The number of rotatable bonds is 2. The van der Waals surface area contributed by atoms with E-state index in [4.69, 9.17) is 16.3 Å². The second-order valence-corrected chi connectivity index (χ2v) is 5.38. The maximum Gasteiger partial charge on any atom is 0.149 e. The molecule has 0 saturated carbocycles. The predicted octanol–water partition coefficient (Wildman–Crippen LogP) is 4.62. The molecule has 0 aliphatic carbocycles. The van der Waals surface area contributed by atoms with Crippen LogP contribution in [0.25, 0.3) is 0 Å². The Kier molecular flexibility index (Phi) is 3.95. The van der Waals surface area contributed by atoms with E-state index in [-0.39, 0.29) is 12.3 Å². The van der Waals surface area contributed by atoms with E-state index in [1.54, 1.807) is 6.21 Å². The third-order valence-corrected chi connectivity index (χ3v) is 3.77. The lowest BCUT2D eigenvalue weighted by molar-refractivity contribution is 0.00756. The summed E-state index contributed by atoms with van der Waals surface area (Å²) in [5.74, 6) is 0. The predicted molar refractivity (Wildman–Crippen MR) is 86.9 cm³/mol. The molecular weight excluding hydrogens is 284 g/mol. The lowest BCUT2D eigenvalue weighted by Gasteiger charge is -2.38. The minimum absolute atomic E-state index is 0.127. The van der Waals surface area contributed by atoms with E-state index >= 15 is 0 Å². The van der Waals surface area contributed by atoms with Crippen molar-refractivity contribution in [2.45, 2.75) is 26.2 Å². The van der Waals surface area contributed by atoms with Crippen molar-refractivity contribution >= 4 is 23.5 Å². The van der Waals surface area contributed by atoms with E-state index in [9.17, 15) is 0 Å². The molecule has 21 heavy (non-hydrogen) atoms. The van der Waals surface area contributed by atoms with Crippen LogP contribution in [0.1, 0.15) is 31.1 Å². The summed E-state index contributed by atoms with van der Waals surface area (Å²) in [6, 6.07) is 16.0. The molecule has 2 aromatic rings. The Morgan fingerprint density at radius 1 is 1.19 bits per heavy atom. The highest BCUT2D eigenvalue weighted by molar-refractivity contribution is 6.30. The van der Waals surface area contributed by atoms with Gasteiger partial charge in [0.25, 0.3) is 0 Å². The highest BCUT2D eigenvalue weighted by atomic mass is 35.5. The summed E-state index contributed by atoms with van der Waals surface area (Å²) in [5, 5.41) is 6.99. The van der Waals surface area contributed by atoms with Crippen LogP contribution >= 0.6 is 11.6 Å². The quantitative estimate of drug-likeness (QED) is 0.756.